The van der Waals surface area contributed by atoms with Crippen molar-refractivity contribution in [1.29, 1.82) is 0 Å². The normalized spacial score (nSPS) is 10.9. The van der Waals surface area contributed by atoms with Crippen molar-refractivity contribution < 1.29 is 9.53 Å². The number of amides is 1. The summed E-state index contributed by atoms with van der Waals surface area (Å²) < 4.78 is 6.75. The first kappa shape index (κ1) is 19.0. The number of fused-ring (bicyclic) bond motifs is 1. The minimum atomic E-state index is -0.169. The van der Waals surface area contributed by atoms with Crippen molar-refractivity contribution in [3.63, 3.8) is 0 Å². The van der Waals surface area contributed by atoms with E-state index in [9.17, 15) is 9.59 Å². The van der Waals surface area contributed by atoms with Crippen LogP contribution in [0.25, 0.3) is 16.6 Å². The Morgan fingerprint density at radius 2 is 1.93 bits per heavy atom. The summed E-state index contributed by atoms with van der Waals surface area (Å²) in [5.41, 5.74) is 2.08. The molecular weight excluding hydrogens is 362 g/mol. The van der Waals surface area contributed by atoms with Gasteiger partial charge in [-0.1, -0.05) is 24.3 Å². The third-order valence-electron chi connectivity index (χ3n) is 4.21. The number of aromatic nitrogens is 2. The largest absolute Gasteiger partial charge is 0.385 e. The average molecular weight is 383 g/mol. The minimum absolute atomic E-state index is 0.0426. The number of para-hydroxylation sites is 1. The van der Waals surface area contributed by atoms with Crippen LogP contribution in [0.5, 0.6) is 0 Å². The number of rotatable bonds is 7. The van der Waals surface area contributed by atoms with E-state index in [1.54, 1.807) is 25.3 Å². The lowest BCUT2D eigenvalue weighted by Gasteiger charge is -2.09. The van der Waals surface area contributed by atoms with Gasteiger partial charge in [0.05, 0.1) is 23.0 Å². The first-order chi connectivity index (χ1) is 13.1. The van der Waals surface area contributed by atoms with Crippen LogP contribution in [0, 0.1) is 4.77 Å². The molecule has 140 valence electrons. The smallest absolute Gasteiger partial charge is 0.266 e. The molecule has 3 aromatic rings. The number of aromatic amines is 1. The number of ether oxygens (including phenoxy) is 1. The summed E-state index contributed by atoms with van der Waals surface area (Å²) in [7, 11) is 1.64. The predicted octanol–water partition coefficient (Wildman–Crippen LogP) is 2.74. The summed E-state index contributed by atoms with van der Waals surface area (Å²) in [6, 6.07) is 14.5. The number of nitrogens with one attached hydrogen (secondary N) is 2. The van der Waals surface area contributed by atoms with Gasteiger partial charge in [0.15, 0.2) is 4.77 Å². The number of carbonyl (C=O) groups is 1. The summed E-state index contributed by atoms with van der Waals surface area (Å²) in [5.74, 6) is -0.0426. The van der Waals surface area contributed by atoms with Gasteiger partial charge in [-0.05, 0) is 48.5 Å². The Kier molecular flexibility index (Phi) is 6.16. The van der Waals surface area contributed by atoms with Gasteiger partial charge >= 0.3 is 0 Å². The molecule has 0 saturated heterocycles. The van der Waals surface area contributed by atoms with Crippen LogP contribution >= 0.6 is 12.2 Å². The standard InChI is InChI=1S/C20H21N3O3S/c1-26-12-4-11-21-18(24)13-14-7-9-15(10-8-14)23-19(25)16-5-2-3-6-17(16)22-20(23)27/h2-3,5-10H,4,11-13H2,1H3,(H,21,24)(H,22,27). The molecule has 1 heterocycles. The fourth-order valence-electron chi connectivity index (χ4n) is 2.85. The van der Waals surface area contributed by atoms with Crippen molar-refractivity contribution in [2.75, 3.05) is 20.3 Å². The lowest BCUT2D eigenvalue weighted by molar-refractivity contribution is -0.120. The van der Waals surface area contributed by atoms with E-state index < -0.39 is 0 Å². The van der Waals surface area contributed by atoms with Gasteiger partial charge in [0.1, 0.15) is 0 Å². The van der Waals surface area contributed by atoms with E-state index in [4.69, 9.17) is 17.0 Å². The Bertz CT molecular complexity index is 1050. The van der Waals surface area contributed by atoms with Crippen LogP contribution in [0.2, 0.25) is 0 Å². The van der Waals surface area contributed by atoms with Crippen LogP contribution in [-0.4, -0.2) is 35.7 Å². The van der Waals surface area contributed by atoms with Crippen molar-refractivity contribution in [1.82, 2.24) is 14.9 Å². The van der Waals surface area contributed by atoms with Crippen molar-refractivity contribution in [3.05, 3.63) is 69.2 Å². The van der Waals surface area contributed by atoms with Crippen LogP contribution in [-0.2, 0) is 16.0 Å². The molecule has 0 bridgehead atoms. The molecule has 0 fully saturated rings. The molecular formula is C20H21N3O3S. The summed E-state index contributed by atoms with van der Waals surface area (Å²) in [4.78, 5) is 27.8. The van der Waals surface area contributed by atoms with Gasteiger partial charge in [-0.25, -0.2) is 0 Å². The maximum Gasteiger partial charge on any atom is 0.266 e. The van der Waals surface area contributed by atoms with Crippen LogP contribution in [0.15, 0.2) is 53.3 Å². The van der Waals surface area contributed by atoms with Crippen LogP contribution < -0.4 is 10.9 Å². The van der Waals surface area contributed by atoms with Gasteiger partial charge in [0.2, 0.25) is 5.91 Å². The van der Waals surface area contributed by atoms with Gasteiger partial charge in [-0.3, -0.25) is 14.2 Å². The van der Waals surface area contributed by atoms with Crippen LogP contribution in [0.4, 0.5) is 0 Å². The number of nitrogens with zero attached hydrogens (tertiary/aromatic N) is 1. The van der Waals surface area contributed by atoms with Gasteiger partial charge in [0, 0.05) is 20.3 Å². The number of hydrogen-bond donors (Lipinski definition) is 2. The quantitative estimate of drug-likeness (QED) is 0.486. The summed E-state index contributed by atoms with van der Waals surface area (Å²) in [6.45, 7) is 1.21. The molecule has 7 heteroatoms. The summed E-state index contributed by atoms with van der Waals surface area (Å²) >= 11 is 5.35. The molecule has 0 radical (unpaired) electrons. The van der Waals surface area contributed by atoms with E-state index in [0.717, 1.165) is 12.0 Å². The molecule has 6 nitrogen and oxygen atoms in total. The predicted molar refractivity (Wildman–Crippen MR) is 108 cm³/mol. The molecule has 0 aliphatic carbocycles. The van der Waals surface area contributed by atoms with Gasteiger partial charge in [-0.15, -0.1) is 0 Å². The molecule has 2 N–H and O–H groups in total. The maximum atomic E-state index is 12.8. The summed E-state index contributed by atoms with van der Waals surface area (Å²) in [5, 5.41) is 3.43. The number of benzene rings is 2. The molecule has 0 atom stereocenters. The molecule has 0 saturated carbocycles. The number of carbonyl (C=O) groups excluding carboxylic acids is 1. The maximum absolute atomic E-state index is 12.8. The van der Waals surface area contributed by atoms with E-state index in [2.05, 4.69) is 10.3 Å². The molecule has 1 aromatic heterocycles. The van der Waals surface area contributed by atoms with Crippen molar-refractivity contribution in [2.45, 2.75) is 12.8 Å². The molecule has 0 unspecified atom stereocenters. The van der Waals surface area contributed by atoms with E-state index >= 15 is 0 Å². The Morgan fingerprint density at radius 3 is 2.67 bits per heavy atom. The number of hydrogen-bond acceptors (Lipinski definition) is 4. The Morgan fingerprint density at radius 1 is 1.19 bits per heavy atom. The molecule has 0 spiro atoms. The topological polar surface area (TPSA) is 76.1 Å². The highest BCUT2D eigenvalue weighted by Crippen LogP contribution is 2.12. The molecule has 27 heavy (non-hydrogen) atoms. The first-order valence-corrected chi connectivity index (χ1v) is 9.10. The third-order valence-corrected chi connectivity index (χ3v) is 4.50. The third kappa shape index (κ3) is 4.50. The second-order valence-corrected chi connectivity index (χ2v) is 6.54. The highest BCUT2D eigenvalue weighted by atomic mass is 32.1. The zero-order valence-electron chi connectivity index (χ0n) is 15.0. The van der Waals surface area contributed by atoms with E-state index in [1.165, 1.54) is 4.57 Å². The highest BCUT2D eigenvalue weighted by Gasteiger charge is 2.08. The van der Waals surface area contributed by atoms with Crippen molar-refractivity contribution in [3.8, 4) is 5.69 Å². The SMILES string of the molecule is COCCCNC(=O)Cc1ccc(-n2c(=S)[nH]c3ccccc3c2=O)cc1. The van der Waals surface area contributed by atoms with Crippen molar-refractivity contribution >= 4 is 29.0 Å². The van der Waals surface area contributed by atoms with Gasteiger partial charge in [-0.2, -0.15) is 0 Å². The fraction of sp³-hybridized carbons (Fsp3) is 0.250. The number of H-pyrrole nitrogens is 1. The second kappa shape index (κ2) is 8.75. The van der Waals surface area contributed by atoms with Crippen molar-refractivity contribution in [2.24, 2.45) is 0 Å². The molecule has 1 amide bonds. The minimum Gasteiger partial charge on any atom is -0.385 e. The van der Waals surface area contributed by atoms with Crippen LogP contribution in [0.3, 0.4) is 0 Å². The average Bonchev–Trinajstić information content (AvgIpc) is 2.66. The first-order valence-electron chi connectivity index (χ1n) is 8.69. The Hall–Kier alpha value is -2.77. The molecule has 0 aliphatic rings. The number of methoxy groups -OCH3 is 1. The van der Waals surface area contributed by atoms with E-state index in [-0.39, 0.29) is 17.9 Å². The van der Waals surface area contributed by atoms with E-state index in [0.29, 0.717) is 34.5 Å². The lowest BCUT2D eigenvalue weighted by Crippen LogP contribution is -2.26. The summed E-state index contributed by atoms with van der Waals surface area (Å²) in [6.07, 6.45) is 1.07. The van der Waals surface area contributed by atoms with Crippen LogP contribution in [0.1, 0.15) is 12.0 Å². The lowest BCUT2D eigenvalue weighted by atomic mass is 10.1. The Labute approximate surface area is 161 Å². The zero-order chi connectivity index (χ0) is 19.2. The monoisotopic (exact) mass is 383 g/mol. The molecule has 2 aromatic carbocycles. The molecule has 3 rings (SSSR count). The zero-order valence-corrected chi connectivity index (χ0v) is 15.8. The van der Waals surface area contributed by atoms with Gasteiger partial charge < -0.3 is 15.0 Å². The second-order valence-electron chi connectivity index (χ2n) is 6.16. The molecule has 0 aliphatic heterocycles. The highest BCUT2D eigenvalue weighted by molar-refractivity contribution is 7.71. The van der Waals surface area contributed by atoms with E-state index in [1.807, 2.05) is 30.3 Å². The van der Waals surface area contributed by atoms with Gasteiger partial charge in [0.25, 0.3) is 5.56 Å². The Balaban J connectivity index is 1.78. The fourth-order valence-corrected chi connectivity index (χ4v) is 3.15.